The highest BCUT2D eigenvalue weighted by Gasteiger charge is 2.48. The molecule has 2 amide bonds. The van der Waals surface area contributed by atoms with Crippen molar-refractivity contribution < 1.29 is 18.7 Å². The fraction of sp³-hybridized carbons (Fsp3) is 0.394. The number of benzene rings is 3. The molecule has 3 aromatic rings. The van der Waals surface area contributed by atoms with Gasteiger partial charge in [-0.2, -0.15) is 0 Å². The van der Waals surface area contributed by atoms with Crippen LogP contribution in [0.15, 0.2) is 72.8 Å². The van der Waals surface area contributed by atoms with E-state index in [0.717, 1.165) is 49.2 Å². The maximum absolute atomic E-state index is 14.3. The number of nitrogens with zero attached hydrogens (tertiary/aromatic N) is 2. The number of hydrogen-bond acceptors (Lipinski definition) is 4. The van der Waals surface area contributed by atoms with Crippen molar-refractivity contribution in [1.29, 1.82) is 0 Å². The van der Waals surface area contributed by atoms with Crippen LogP contribution in [0.4, 0.5) is 10.1 Å². The highest BCUT2D eigenvalue weighted by atomic mass is 35.5. The van der Waals surface area contributed by atoms with Gasteiger partial charge < -0.3 is 19.9 Å². The van der Waals surface area contributed by atoms with E-state index in [9.17, 15) is 14.0 Å². The van der Waals surface area contributed by atoms with E-state index in [1.54, 1.807) is 23.1 Å². The third-order valence-corrected chi connectivity index (χ3v) is 10.1. The molecule has 0 radical (unpaired) electrons. The van der Waals surface area contributed by atoms with Gasteiger partial charge in [-0.3, -0.25) is 9.59 Å². The van der Waals surface area contributed by atoms with Gasteiger partial charge in [0.25, 0.3) is 5.91 Å². The van der Waals surface area contributed by atoms with E-state index >= 15 is 0 Å². The van der Waals surface area contributed by atoms with Gasteiger partial charge >= 0.3 is 0 Å². The Labute approximate surface area is 267 Å². The summed E-state index contributed by atoms with van der Waals surface area (Å²) in [5.41, 5.74) is 1.41. The molecule has 6 nitrogen and oxygen atoms in total. The molecule has 1 N–H and O–H groups in total. The molecule has 0 aromatic heterocycles. The van der Waals surface area contributed by atoms with Crippen molar-refractivity contribution in [2.75, 3.05) is 44.2 Å². The van der Waals surface area contributed by atoms with E-state index < -0.39 is 11.0 Å². The molecule has 0 aliphatic carbocycles. The number of halogens is 4. The first-order chi connectivity index (χ1) is 20.3. The van der Waals surface area contributed by atoms with Gasteiger partial charge in [-0.1, -0.05) is 59.6 Å². The van der Waals surface area contributed by atoms with Crippen LogP contribution in [-0.2, 0) is 25.3 Å². The lowest BCUT2D eigenvalue weighted by atomic mass is 9.63. The minimum absolute atomic E-state index is 0. The van der Waals surface area contributed by atoms with E-state index in [1.807, 2.05) is 48.5 Å². The van der Waals surface area contributed by atoms with Gasteiger partial charge in [0.1, 0.15) is 18.0 Å². The lowest BCUT2D eigenvalue weighted by molar-refractivity contribution is -0.141. The van der Waals surface area contributed by atoms with Crippen molar-refractivity contribution in [2.45, 2.75) is 36.7 Å². The standard InChI is InChI=1S/C33H34Cl2FN3O3.ClH/c34-28-10-9-24(20-29(28)35)33(22-39(30(40)21-42-33)26-7-2-1-3-8-26)14-18-38-16-12-32(13-17-38,27-11-15-37-31(27)41)23-5-4-6-25(36)19-23;/h1-10,19-20,27H,11-18,21-22H2,(H,37,41);1H. The quantitative estimate of drug-likeness (QED) is 0.324. The number of morpholine rings is 1. The summed E-state index contributed by atoms with van der Waals surface area (Å²) in [6.45, 7) is 3.20. The number of anilines is 1. The van der Waals surface area contributed by atoms with Crippen LogP contribution in [0.5, 0.6) is 0 Å². The number of carbonyl (C=O) groups is 2. The monoisotopic (exact) mass is 645 g/mol. The molecule has 3 aliphatic rings. The van der Waals surface area contributed by atoms with Crippen molar-refractivity contribution in [1.82, 2.24) is 10.2 Å². The first-order valence-electron chi connectivity index (χ1n) is 14.5. The number of para-hydroxylation sites is 1. The fourth-order valence-corrected chi connectivity index (χ4v) is 7.33. The topological polar surface area (TPSA) is 61.9 Å². The van der Waals surface area contributed by atoms with Crippen LogP contribution in [0.25, 0.3) is 0 Å². The molecule has 3 aliphatic heterocycles. The van der Waals surface area contributed by atoms with Gasteiger partial charge in [-0.05, 0) is 86.3 Å². The molecule has 2 atom stereocenters. The van der Waals surface area contributed by atoms with Crippen LogP contribution in [0.2, 0.25) is 10.0 Å². The molecule has 10 heteroatoms. The third kappa shape index (κ3) is 6.29. The summed E-state index contributed by atoms with van der Waals surface area (Å²) < 4.78 is 20.8. The number of rotatable bonds is 7. The van der Waals surface area contributed by atoms with E-state index in [1.165, 1.54) is 6.07 Å². The Kier molecular flexibility index (Phi) is 9.69. The van der Waals surface area contributed by atoms with Crippen molar-refractivity contribution in [3.8, 4) is 0 Å². The number of likely N-dealkylation sites (tertiary alicyclic amines) is 1. The normalized spacial score (nSPS) is 24.0. The van der Waals surface area contributed by atoms with Gasteiger partial charge in [0.15, 0.2) is 0 Å². The average Bonchev–Trinajstić information content (AvgIpc) is 3.45. The molecule has 3 aromatic carbocycles. The van der Waals surface area contributed by atoms with Gasteiger partial charge in [-0.25, -0.2) is 4.39 Å². The van der Waals surface area contributed by atoms with Gasteiger partial charge in [0.2, 0.25) is 5.91 Å². The Hall–Kier alpha value is -2.68. The van der Waals surface area contributed by atoms with E-state index in [4.69, 9.17) is 27.9 Å². The van der Waals surface area contributed by atoms with E-state index in [-0.39, 0.29) is 42.6 Å². The smallest absolute Gasteiger partial charge is 0.253 e. The Bertz CT molecular complexity index is 1470. The maximum Gasteiger partial charge on any atom is 0.253 e. The molecule has 43 heavy (non-hydrogen) atoms. The zero-order chi connectivity index (χ0) is 29.3. The third-order valence-electron chi connectivity index (χ3n) is 9.40. The number of nitrogens with one attached hydrogen (secondary N) is 1. The highest BCUT2D eigenvalue weighted by molar-refractivity contribution is 6.42. The number of amides is 2. The molecule has 2 unspecified atom stereocenters. The zero-order valence-electron chi connectivity index (χ0n) is 23.7. The minimum atomic E-state index is -0.791. The van der Waals surface area contributed by atoms with E-state index in [0.29, 0.717) is 36.1 Å². The summed E-state index contributed by atoms with van der Waals surface area (Å²) in [4.78, 5) is 30.1. The second-order valence-corrected chi connectivity index (χ2v) is 12.4. The Morgan fingerprint density at radius 1 is 0.930 bits per heavy atom. The number of hydrogen-bond donors (Lipinski definition) is 1. The number of carbonyl (C=O) groups excluding carboxylic acids is 2. The zero-order valence-corrected chi connectivity index (χ0v) is 26.1. The minimum Gasteiger partial charge on any atom is -0.359 e. The van der Waals surface area contributed by atoms with Crippen LogP contribution < -0.4 is 10.2 Å². The predicted molar refractivity (Wildman–Crippen MR) is 170 cm³/mol. The molecule has 0 spiro atoms. The summed E-state index contributed by atoms with van der Waals surface area (Å²) in [7, 11) is 0. The van der Waals surface area contributed by atoms with Crippen LogP contribution in [0.1, 0.15) is 36.8 Å². The van der Waals surface area contributed by atoms with Crippen LogP contribution in [0, 0.1) is 11.7 Å². The maximum atomic E-state index is 14.3. The molecule has 3 fully saturated rings. The van der Waals surface area contributed by atoms with Gasteiger partial charge in [-0.15, -0.1) is 12.4 Å². The molecular formula is C33H35Cl3FN3O3. The number of ether oxygens (including phenoxy) is 1. The molecule has 3 saturated heterocycles. The molecule has 228 valence electrons. The van der Waals surface area contributed by atoms with Crippen LogP contribution >= 0.6 is 35.6 Å². The molecule has 0 bridgehead atoms. The Morgan fingerprint density at radius 2 is 1.70 bits per heavy atom. The average molecular weight is 647 g/mol. The van der Waals surface area contributed by atoms with E-state index in [2.05, 4.69) is 10.2 Å². The SMILES string of the molecule is Cl.O=C1NCCC1C1(c2cccc(F)c2)CCN(CCC2(c3ccc(Cl)c(Cl)c3)CN(c3ccccc3)C(=O)CO2)CC1. The second kappa shape index (κ2) is 13.1. The summed E-state index contributed by atoms with van der Waals surface area (Å²) in [6, 6.07) is 21.9. The molecular weight excluding hydrogens is 612 g/mol. The highest BCUT2D eigenvalue weighted by Crippen LogP contribution is 2.46. The largest absolute Gasteiger partial charge is 0.359 e. The first-order valence-corrected chi connectivity index (χ1v) is 15.3. The molecule has 6 rings (SSSR count). The lowest BCUT2D eigenvalue weighted by Gasteiger charge is -2.47. The van der Waals surface area contributed by atoms with Crippen LogP contribution in [-0.4, -0.2) is 56.0 Å². The molecule has 0 saturated carbocycles. The number of piperidine rings is 1. The summed E-state index contributed by atoms with van der Waals surface area (Å²) in [5, 5.41) is 3.89. The summed E-state index contributed by atoms with van der Waals surface area (Å²) in [6.07, 6.45) is 2.89. The summed E-state index contributed by atoms with van der Waals surface area (Å²) in [5.74, 6) is -0.475. The first kappa shape index (κ1) is 31.7. The molecule has 3 heterocycles. The lowest BCUT2D eigenvalue weighted by Crippen LogP contribution is -2.55. The Morgan fingerprint density at radius 3 is 2.37 bits per heavy atom. The van der Waals surface area contributed by atoms with Crippen molar-refractivity contribution >= 4 is 53.1 Å². The van der Waals surface area contributed by atoms with Crippen molar-refractivity contribution in [3.05, 3.63) is 99.8 Å². The van der Waals surface area contributed by atoms with Gasteiger partial charge in [0.05, 0.1) is 16.6 Å². The Balaban J connectivity index is 0.00000368. The predicted octanol–water partition coefficient (Wildman–Crippen LogP) is 6.37. The van der Waals surface area contributed by atoms with Gasteiger partial charge in [0, 0.05) is 30.1 Å². The van der Waals surface area contributed by atoms with Crippen molar-refractivity contribution in [3.63, 3.8) is 0 Å². The fourth-order valence-electron chi connectivity index (χ4n) is 7.03. The van der Waals surface area contributed by atoms with Crippen LogP contribution in [0.3, 0.4) is 0 Å². The summed E-state index contributed by atoms with van der Waals surface area (Å²) >= 11 is 12.7. The van der Waals surface area contributed by atoms with Crippen molar-refractivity contribution in [2.24, 2.45) is 5.92 Å². The second-order valence-electron chi connectivity index (χ2n) is 11.6.